The van der Waals surface area contributed by atoms with Gasteiger partial charge in [0.15, 0.2) is 0 Å². The summed E-state index contributed by atoms with van der Waals surface area (Å²) in [6, 6.07) is 7.45. The minimum atomic E-state index is -0.236. The Balaban J connectivity index is 2.25. The zero-order valence-corrected chi connectivity index (χ0v) is 14.1. The molecule has 0 saturated carbocycles. The van der Waals surface area contributed by atoms with Crippen LogP contribution in [-0.2, 0) is 4.79 Å². The molecule has 1 aromatic rings. The van der Waals surface area contributed by atoms with Crippen LogP contribution in [0.2, 0.25) is 0 Å². The first-order valence-electron chi connectivity index (χ1n) is 6.72. The van der Waals surface area contributed by atoms with Crippen molar-refractivity contribution in [3.8, 4) is 5.75 Å². The molecule has 4 nitrogen and oxygen atoms in total. The van der Waals surface area contributed by atoms with Crippen molar-refractivity contribution in [3.63, 3.8) is 0 Å². The number of nitrogens with one attached hydrogen (secondary N) is 2. The van der Waals surface area contributed by atoms with Crippen molar-refractivity contribution >= 4 is 21.8 Å². The molecule has 0 aliphatic rings. The van der Waals surface area contributed by atoms with Gasteiger partial charge in [0.2, 0.25) is 5.91 Å². The average Bonchev–Trinajstić information content (AvgIpc) is 2.32. The molecule has 5 heteroatoms. The molecule has 0 heterocycles. The molecule has 0 bridgehead atoms. The van der Waals surface area contributed by atoms with Gasteiger partial charge in [0, 0.05) is 16.6 Å². The van der Waals surface area contributed by atoms with Gasteiger partial charge in [-0.05, 0) is 45.9 Å². The Morgan fingerprint density at radius 1 is 1.40 bits per heavy atom. The lowest BCUT2D eigenvalue weighted by atomic mass is 10.1. The molecule has 1 rings (SSSR count). The predicted octanol–water partition coefficient (Wildman–Crippen LogP) is 2.72. The summed E-state index contributed by atoms with van der Waals surface area (Å²) < 4.78 is 6.58. The van der Waals surface area contributed by atoms with E-state index in [1.54, 1.807) is 0 Å². The second kappa shape index (κ2) is 7.64. The van der Waals surface area contributed by atoms with Crippen molar-refractivity contribution < 1.29 is 9.53 Å². The Kier molecular flexibility index (Phi) is 6.49. The monoisotopic (exact) mass is 342 g/mol. The number of carbonyl (C=O) groups excluding carboxylic acids is 1. The zero-order valence-electron chi connectivity index (χ0n) is 12.5. The Morgan fingerprint density at radius 2 is 2.10 bits per heavy atom. The number of ether oxygens (including phenoxy) is 1. The lowest BCUT2D eigenvalue weighted by molar-refractivity contribution is -0.124. The van der Waals surface area contributed by atoms with Gasteiger partial charge in [0.05, 0.1) is 6.04 Å². The van der Waals surface area contributed by atoms with Crippen molar-refractivity contribution in [1.29, 1.82) is 0 Å². The first-order valence-corrected chi connectivity index (χ1v) is 7.51. The van der Waals surface area contributed by atoms with E-state index in [0.717, 1.165) is 10.2 Å². The molecule has 1 amide bonds. The summed E-state index contributed by atoms with van der Waals surface area (Å²) in [6.45, 7) is 8.88. The highest BCUT2D eigenvalue weighted by Gasteiger charge is 2.18. The van der Waals surface area contributed by atoms with Crippen molar-refractivity contribution in [2.24, 2.45) is 0 Å². The largest absolute Gasteiger partial charge is 0.492 e. The Bertz CT molecular complexity index is 444. The Hall–Kier alpha value is -1.07. The SMILES string of the molecule is CC(NCCOc1cccc(Br)c1)C(=O)NC(C)(C)C. The fourth-order valence-electron chi connectivity index (χ4n) is 1.57. The van der Waals surface area contributed by atoms with E-state index < -0.39 is 0 Å². The Labute approximate surface area is 129 Å². The molecule has 1 unspecified atom stereocenters. The van der Waals surface area contributed by atoms with Crippen LogP contribution in [-0.4, -0.2) is 30.6 Å². The third-order valence-corrected chi connectivity index (χ3v) is 3.00. The van der Waals surface area contributed by atoms with E-state index in [4.69, 9.17) is 4.74 Å². The molecule has 0 aliphatic heterocycles. The molecular weight excluding hydrogens is 320 g/mol. The van der Waals surface area contributed by atoms with E-state index in [-0.39, 0.29) is 17.5 Å². The van der Waals surface area contributed by atoms with Crippen molar-refractivity contribution in [1.82, 2.24) is 10.6 Å². The molecule has 20 heavy (non-hydrogen) atoms. The highest BCUT2D eigenvalue weighted by Crippen LogP contribution is 2.17. The summed E-state index contributed by atoms with van der Waals surface area (Å²) in [6.07, 6.45) is 0. The molecule has 1 aromatic carbocycles. The van der Waals surface area contributed by atoms with Gasteiger partial charge in [-0.15, -0.1) is 0 Å². The first-order chi connectivity index (χ1) is 9.28. The van der Waals surface area contributed by atoms with Crippen LogP contribution in [0.3, 0.4) is 0 Å². The average molecular weight is 343 g/mol. The number of hydrogen-bond acceptors (Lipinski definition) is 3. The number of rotatable bonds is 6. The topological polar surface area (TPSA) is 50.4 Å². The van der Waals surface area contributed by atoms with E-state index in [1.807, 2.05) is 52.0 Å². The molecule has 0 spiro atoms. The van der Waals surface area contributed by atoms with Gasteiger partial charge in [0.1, 0.15) is 12.4 Å². The molecular formula is C15H23BrN2O2. The molecule has 0 aromatic heterocycles. The molecule has 0 saturated heterocycles. The van der Waals surface area contributed by atoms with Crippen LogP contribution in [0.1, 0.15) is 27.7 Å². The summed E-state index contributed by atoms with van der Waals surface area (Å²) >= 11 is 3.39. The van der Waals surface area contributed by atoms with Crippen LogP contribution < -0.4 is 15.4 Å². The maximum absolute atomic E-state index is 11.8. The van der Waals surface area contributed by atoms with Crippen LogP contribution in [0.15, 0.2) is 28.7 Å². The van der Waals surface area contributed by atoms with Gasteiger partial charge in [-0.1, -0.05) is 22.0 Å². The van der Waals surface area contributed by atoms with E-state index in [9.17, 15) is 4.79 Å². The number of benzene rings is 1. The van der Waals surface area contributed by atoms with Gasteiger partial charge in [-0.3, -0.25) is 4.79 Å². The smallest absolute Gasteiger partial charge is 0.237 e. The van der Waals surface area contributed by atoms with E-state index in [0.29, 0.717) is 13.2 Å². The number of amides is 1. The summed E-state index contributed by atoms with van der Waals surface area (Å²) in [7, 11) is 0. The fraction of sp³-hybridized carbons (Fsp3) is 0.533. The fourth-order valence-corrected chi connectivity index (χ4v) is 1.95. The normalized spacial score (nSPS) is 12.8. The number of carbonyl (C=O) groups is 1. The molecule has 1 atom stereocenters. The van der Waals surface area contributed by atoms with E-state index >= 15 is 0 Å². The van der Waals surface area contributed by atoms with Crippen LogP contribution in [0.4, 0.5) is 0 Å². The molecule has 0 fully saturated rings. The molecule has 0 aliphatic carbocycles. The molecule has 112 valence electrons. The van der Waals surface area contributed by atoms with Gasteiger partial charge in [-0.25, -0.2) is 0 Å². The lowest BCUT2D eigenvalue weighted by Gasteiger charge is -2.23. The molecule has 0 radical (unpaired) electrons. The van der Waals surface area contributed by atoms with Gasteiger partial charge < -0.3 is 15.4 Å². The third kappa shape index (κ3) is 6.91. The quantitative estimate of drug-likeness (QED) is 0.781. The van der Waals surface area contributed by atoms with Gasteiger partial charge in [0.25, 0.3) is 0 Å². The third-order valence-electron chi connectivity index (χ3n) is 2.51. The maximum atomic E-state index is 11.8. The Morgan fingerprint density at radius 3 is 2.70 bits per heavy atom. The van der Waals surface area contributed by atoms with Crippen LogP contribution >= 0.6 is 15.9 Å². The number of halogens is 1. The van der Waals surface area contributed by atoms with Crippen molar-refractivity contribution in [2.75, 3.05) is 13.2 Å². The van der Waals surface area contributed by atoms with Gasteiger partial charge in [-0.2, -0.15) is 0 Å². The second-order valence-electron chi connectivity index (χ2n) is 5.72. The predicted molar refractivity (Wildman–Crippen MR) is 85.0 cm³/mol. The van der Waals surface area contributed by atoms with Gasteiger partial charge >= 0.3 is 0 Å². The summed E-state index contributed by atoms with van der Waals surface area (Å²) in [4.78, 5) is 11.8. The number of hydrogen-bond donors (Lipinski definition) is 2. The summed E-state index contributed by atoms with van der Waals surface area (Å²) in [5.74, 6) is 0.813. The lowest BCUT2D eigenvalue weighted by Crippen LogP contribution is -2.50. The minimum Gasteiger partial charge on any atom is -0.492 e. The van der Waals surface area contributed by atoms with Crippen LogP contribution in [0.5, 0.6) is 5.75 Å². The first kappa shape index (κ1) is 17.0. The standard InChI is InChI=1S/C15H23BrN2O2/c1-11(14(19)18-15(2,3)4)17-8-9-20-13-7-5-6-12(16)10-13/h5-7,10-11,17H,8-9H2,1-4H3,(H,18,19). The van der Waals surface area contributed by atoms with Crippen molar-refractivity contribution in [2.45, 2.75) is 39.3 Å². The van der Waals surface area contributed by atoms with Crippen LogP contribution in [0, 0.1) is 0 Å². The van der Waals surface area contributed by atoms with Crippen LogP contribution in [0.25, 0.3) is 0 Å². The zero-order chi connectivity index (χ0) is 15.2. The second-order valence-corrected chi connectivity index (χ2v) is 6.64. The highest BCUT2D eigenvalue weighted by molar-refractivity contribution is 9.10. The summed E-state index contributed by atoms with van der Waals surface area (Å²) in [5, 5.41) is 6.08. The summed E-state index contributed by atoms with van der Waals surface area (Å²) in [5.41, 5.74) is -0.208. The maximum Gasteiger partial charge on any atom is 0.237 e. The van der Waals surface area contributed by atoms with Crippen molar-refractivity contribution in [3.05, 3.63) is 28.7 Å². The van der Waals surface area contributed by atoms with E-state index in [1.165, 1.54) is 0 Å². The molecule has 2 N–H and O–H groups in total. The minimum absolute atomic E-state index is 0.0000412. The van der Waals surface area contributed by atoms with E-state index in [2.05, 4.69) is 26.6 Å². The highest BCUT2D eigenvalue weighted by atomic mass is 79.9.